The summed E-state index contributed by atoms with van der Waals surface area (Å²) in [6, 6.07) is 0.262. The first-order chi connectivity index (χ1) is 9.82. The fourth-order valence-corrected chi connectivity index (χ4v) is 4.32. The van der Waals surface area contributed by atoms with Crippen molar-refractivity contribution in [1.29, 1.82) is 0 Å². The van der Waals surface area contributed by atoms with Crippen LogP contribution < -0.4 is 0 Å². The molecule has 1 heterocycles. The lowest BCUT2D eigenvalue weighted by Gasteiger charge is -2.46. The zero-order valence-electron chi connectivity index (χ0n) is 14.3. The van der Waals surface area contributed by atoms with Crippen LogP contribution >= 0.6 is 0 Å². The van der Waals surface area contributed by atoms with Gasteiger partial charge in [0.05, 0.1) is 5.92 Å². The Morgan fingerprint density at radius 3 is 2.24 bits per heavy atom. The molecule has 1 aliphatic carbocycles. The second-order valence-corrected chi connectivity index (χ2v) is 8.28. The number of rotatable bonds is 3. The Bertz CT molecular complexity index is 353. The molecule has 122 valence electrons. The molecule has 3 nitrogen and oxygen atoms in total. The summed E-state index contributed by atoms with van der Waals surface area (Å²) in [6.45, 7) is 11.4. The second kappa shape index (κ2) is 6.68. The van der Waals surface area contributed by atoms with Crippen LogP contribution in [0.3, 0.4) is 0 Å². The number of carbonyl (C=O) groups is 1. The van der Waals surface area contributed by atoms with Gasteiger partial charge in [0.25, 0.3) is 0 Å². The molecule has 21 heavy (non-hydrogen) atoms. The van der Waals surface area contributed by atoms with Crippen molar-refractivity contribution in [2.75, 3.05) is 13.1 Å². The first kappa shape index (κ1) is 16.8. The van der Waals surface area contributed by atoms with Crippen molar-refractivity contribution >= 4 is 5.97 Å². The third kappa shape index (κ3) is 4.00. The Morgan fingerprint density at radius 2 is 1.76 bits per heavy atom. The normalized spacial score (nSPS) is 33.0. The maximum Gasteiger partial charge on any atom is 0.308 e. The van der Waals surface area contributed by atoms with Gasteiger partial charge in [-0.2, -0.15) is 0 Å². The fourth-order valence-electron chi connectivity index (χ4n) is 4.32. The highest BCUT2D eigenvalue weighted by Crippen LogP contribution is 2.42. The maximum absolute atomic E-state index is 11.7. The molecule has 0 amide bonds. The summed E-state index contributed by atoms with van der Waals surface area (Å²) in [4.78, 5) is 14.2. The number of hydrogen-bond acceptors (Lipinski definition) is 2. The van der Waals surface area contributed by atoms with Gasteiger partial charge in [-0.25, -0.2) is 0 Å². The van der Waals surface area contributed by atoms with Gasteiger partial charge < -0.3 is 5.11 Å². The van der Waals surface area contributed by atoms with E-state index in [2.05, 4.69) is 32.6 Å². The zero-order chi connectivity index (χ0) is 15.6. The van der Waals surface area contributed by atoms with E-state index in [1.165, 1.54) is 19.3 Å². The van der Waals surface area contributed by atoms with Gasteiger partial charge in [-0.1, -0.05) is 34.1 Å². The number of likely N-dealkylation sites (tertiary alicyclic amines) is 1. The van der Waals surface area contributed by atoms with E-state index in [4.69, 9.17) is 0 Å². The van der Waals surface area contributed by atoms with Crippen LogP contribution in [0.4, 0.5) is 0 Å². The quantitative estimate of drug-likeness (QED) is 0.854. The predicted molar refractivity (Wildman–Crippen MR) is 86.3 cm³/mol. The maximum atomic E-state index is 11.7. The molecule has 3 unspecified atom stereocenters. The SMILES string of the molecule is CCC1CCN(C2CC(C(C)(C)C)CCC2C(=O)O)CC1. The van der Waals surface area contributed by atoms with Gasteiger partial charge in [-0.15, -0.1) is 0 Å². The van der Waals surface area contributed by atoms with Crippen LogP contribution in [-0.4, -0.2) is 35.1 Å². The van der Waals surface area contributed by atoms with Crippen LogP contribution in [0.2, 0.25) is 0 Å². The van der Waals surface area contributed by atoms with Crippen molar-refractivity contribution in [3.05, 3.63) is 0 Å². The Hall–Kier alpha value is -0.570. The minimum absolute atomic E-state index is 0.151. The first-order valence-electron chi connectivity index (χ1n) is 8.79. The van der Waals surface area contributed by atoms with E-state index >= 15 is 0 Å². The molecule has 2 fully saturated rings. The predicted octanol–water partition coefficient (Wildman–Crippen LogP) is 4.02. The molecule has 1 saturated heterocycles. The van der Waals surface area contributed by atoms with Gasteiger partial charge in [0, 0.05) is 6.04 Å². The van der Waals surface area contributed by atoms with Gasteiger partial charge in [-0.3, -0.25) is 9.69 Å². The molecule has 2 rings (SSSR count). The number of aliphatic carboxylic acids is 1. The van der Waals surface area contributed by atoms with Crippen molar-refractivity contribution in [3.8, 4) is 0 Å². The number of nitrogens with zero attached hydrogens (tertiary/aromatic N) is 1. The average molecular weight is 295 g/mol. The monoisotopic (exact) mass is 295 g/mol. The molecule has 3 atom stereocenters. The van der Waals surface area contributed by atoms with Crippen LogP contribution in [0, 0.1) is 23.2 Å². The molecule has 1 N–H and O–H groups in total. The molecule has 0 bridgehead atoms. The standard InChI is InChI=1S/C18H33NO2/c1-5-13-8-10-19(11-9-13)16-12-14(18(2,3)4)6-7-15(16)17(20)21/h13-16H,5-12H2,1-4H3,(H,20,21). The van der Waals surface area contributed by atoms with Crippen molar-refractivity contribution in [2.45, 2.75) is 72.3 Å². The van der Waals surface area contributed by atoms with Crippen molar-refractivity contribution < 1.29 is 9.90 Å². The topological polar surface area (TPSA) is 40.5 Å². The number of carboxylic acid groups (broad SMARTS) is 1. The highest BCUT2D eigenvalue weighted by atomic mass is 16.4. The second-order valence-electron chi connectivity index (χ2n) is 8.28. The largest absolute Gasteiger partial charge is 0.481 e. The summed E-state index contributed by atoms with van der Waals surface area (Å²) in [6.07, 6.45) is 6.76. The van der Waals surface area contributed by atoms with E-state index in [1.807, 2.05) is 0 Å². The molecule has 1 aliphatic heterocycles. The van der Waals surface area contributed by atoms with Crippen LogP contribution in [0.15, 0.2) is 0 Å². The molecular formula is C18H33NO2. The molecule has 0 aromatic heterocycles. The summed E-state index contributed by atoms with van der Waals surface area (Å²) in [5.41, 5.74) is 0.295. The summed E-state index contributed by atoms with van der Waals surface area (Å²) in [5, 5.41) is 9.60. The smallest absolute Gasteiger partial charge is 0.308 e. The highest BCUT2D eigenvalue weighted by molar-refractivity contribution is 5.71. The van der Waals surface area contributed by atoms with E-state index in [-0.39, 0.29) is 12.0 Å². The minimum Gasteiger partial charge on any atom is -0.481 e. The van der Waals surface area contributed by atoms with E-state index in [9.17, 15) is 9.90 Å². The van der Waals surface area contributed by atoms with Crippen LogP contribution in [0.25, 0.3) is 0 Å². The third-order valence-corrected chi connectivity index (χ3v) is 6.05. The Morgan fingerprint density at radius 1 is 1.14 bits per heavy atom. The fraction of sp³-hybridized carbons (Fsp3) is 0.944. The lowest BCUT2D eigenvalue weighted by atomic mass is 9.67. The molecule has 3 heteroatoms. The molecule has 0 spiro atoms. The summed E-state index contributed by atoms with van der Waals surface area (Å²) in [5.74, 6) is 0.778. The first-order valence-corrected chi connectivity index (χ1v) is 8.79. The van der Waals surface area contributed by atoms with E-state index in [1.54, 1.807) is 0 Å². The van der Waals surface area contributed by atoms with E-state index < -0.39 is 5.97 Å². The molecule has 0 aromatic carbocycles. The summed E-state index contributed by atoms with van der Waals surface area (Å²) >= 11 is 0. The molecule has 2 aliphatic rings. The summed E-state index contributed by atoms with van der Waals surface area (Å²) in [7, 11) is 0. The number of hydrogen-bond donors (Lipinski definition) is 1. The Kier molecular flexibility index (Phi) is 5.34. The minimum atomic E-state index is -0.579. The molecule has 0 radical (unpaired) electrons. The highest BCUT2D eigenvalue weighted by Gasteiger charge is 2.42. The Labute approximate surface area is 130 Å². The lowest BCUT2D eigenvalue weighted by Crippen LogP contribution is -2.51. The average Bonchev–Trinajstić information content (AvgIpc) is 2.45. The van der Waals surface area contributed by atoms with Crippen LogP contribution in [-0.2, 0) is 4.79 Å². The van der Waals surface area contributed by atoms with Crippen molar-refractivity contribution in [1.82, 2.24) is 4.90 Å². The molecule has 1 saturated carbocycles. The van der Waals surface area contributed by atoms with Gasteiger partial charge in [0.15, 0.2) is 0 Å². The van der Waals surface area contributed by atoms with Crippen molar-refractivity contribution in [3.63, 3.8) is 0 Å². The third-order valence-electron chi connectivity index (χ3n) is 6.05. The zero-order valence-corrected chi connectivity index (χ0v) is 14.3. The van der Waals surface area contributed by atoms with Crippen LogP contribution in [0.1, 0.15) is 66.2 Å². The van der Waals surface area contributed by atoms with Gasteiger partial charge in [0.1, 0.15) is 0 Å². The Balaban J connectivity index is 2.06. The van der Waals surface area contributed by atoms with Gasteiger partial charge >= 0.3 is 5.97 Å². The molecular weight excluding hydrogens is 262 g/mol. The molecule has 0 aromatic rings. The number of piperidine rings is 1. The van der Waals surface area contributed by atoms with E-state index in [0.29, 0.717) is 11.3 Å². The van der Waals surface area contributed by atoms with Crippen LogP contribution in [0.5, 0.6) is 0 Å². The van der Waals surface area contributed by atoms with Gasteiger partial charge in [0.2, 0.25) is 0 Å². The number of carboxylic acids is 1. The lowest BCUT2D eigenvalue weighted by molar-refractivity contribution is -0.147. The van der Waals surface area contributed by atoms with Gasteiger partial charge in [-0.05, 0) is 62.4 Å². The van der Waals surface area contributed by atoms with Crippen molar-refractivity contribution in [2.24, 2.45) is 23.2 Å². The van der Waals surface area contributed by atoms with E-state index in [0.717, 1.165) is 38.3 Å². The summed E-state index contributed by atoms with van der Waals surface area (Å²) < 4.78 is 0.